The SMILES string of the molecule is C[N+](C)(C)CCO.N[C@@H](CC(=O)N1CCn2c(C(F)(F)F)nc(C(=O)[O-])c2C1)Cc1cc(F)c(F)cc1F. The third kappa shape index (κ3) is 8.16. The van der Waals surface area contributed by atoms with Gasteiger partial charge in [-0.15, -0.1) is 0 Å². The highest BCUT2D eigenvalue weighted by Crippen LogP contribution is 2.32. The van der Waals surface area contributed by atoms with Crippen LogP contribution in [0.15, 0.2) is 12.1 Å². The monoisotopic (exact) mass is 553 g/mol. The summed E-state index contributed by atoms with van der Waals surface area (Å²) in [6.07, 6.45) is -5.59. The fourth-order valence-electron chi connectivity index (χ4n) is 3.69. The number of carbonyl (C=O) groups excluding carboxylic acids is 2. The molecule has 1 amide bonds. The second-order valence-electron chi connectivity index (χ2n) is 9.75. The van der Waals surface area contributed by atoms with E-state index < -0.39 is 59.6 Å². The van der Waals surface area contributed by atoms with E-state index in [0.29, 0.717) is 16.7 Å². The molecule has 1 atom stereocenters. The maximum Gasteiger partial charge on any atom is 0.449 e. The normalized spacial score (nSPS) is 14.4. The summed E-state index contributed by atoms with van der Waals surface area (Å²) in [5, 5.41) is 19.6. The minimum absolute atomic E-state index is 0.177. The standard InChI is InChI=1S/C18H16F6N4O3.C5H14NO/c19-10-6-12(21)11(20)4-8(10)3-9(25)5-14(29)27-1-2-28-13(7-27)15(16(30)31)26-17(28)18(22,23)24;1-6(2,3)4-5-7/h4,6,9H,1-3,5,7,25H2,(H,30,31);7H,4-5H2,1-3H3/q;+1/p-1/t9-;/m1./s1. The van der Waals surface area contributed by atoms with Crippen LogP contribution in [0.2, 0.25) is 0 Å². The first-order chi connectivity index (χ1) is 17.4. The maximum atomic E-state index is 13.7. The van der Waals surface area contributed by atoms with Crippen molar-refractivity contribution in [2.45, 2.75) is 38.1 Å². The van der Waals surface area contributed by atoms with Crippen LogP contribution in [0, 0.1) is 17.5 Å². The van der Waals surface area contributed by atoms with Crippen LogP contribution < -0.4 is 10.8 Å². The fraction of sp³-hybridized carbons (Fsp3) is 0.522. The van der Waals surface area contributed by atoms with Crippen LogP contribution in [-0.2, 0) is 30.5 Å². The lowest BCUT2D eigenvalue weighted by molar-refractivity contribution is -0.870. The average molecular weight is 554 g/mol. The summed E-state index contributed by atoms with van der Waals surface area (Å²) in [7, 11) is 6.16. The number of benzene rings is 1. The Hall–Kier alpha value is -3.17. The number of aromatic nitrogens is 2. The first-order valence-electron chi connectivity index (χ1n) is 11.4. The number of nitrogens with two attached hydrogens (primary N) is 1. The number of quaternary nitrogens is 1. The number of carboxylic acid groups (broad SMARTS) is 1. The van der Waals surface area contributed by atoms with Gasteiger partial charge in [-0.2, -0.15) is 13.2 Å². The van der Waals surface area contributed by atoms with Gasteiger partial charge < -0.3 is 34.7 Å². The highest BCUT2D eigenvalue weighted by atomic mass is 19.4. The Kier molecular flexibility index (Phi) is 9.91. The molecule has 0 fully saturated rings. The topological polar surface area (TPSA) is 125 Å². The van der Waals surface area contributed by atoms with Crippen molar-refractivity contribution in [2.24, 2.45) is 5.73 Å². The lowest BCUT2D eigenvalue weighted by Crippen LogP contribution is -2.42. The van der Waals surface area contributed by atoms with E-state index in [1.54, 1.807) is 0 Å². The van der Waals surface area contributed by atoms with E-state index in [-0.39, 0.29) is 43.8 Å². The number of carbonyl (C=O) groups is 2. The van der Waals surface area contributed by atoms with Gasteiger partial charge >= 0.3 is 6.18 Å². The molecule has 0 bridgehead atoms. The Morgan fingerprint density at radius 3 is 2.24 bits per heavy atom. The zero-order chi connectivity index (χ0) is 29.0. The Morgan fingerprint density at radius 1 is 1.13 bits per heavy atom. The smallest absolute Gasteiger partial charge is 0.449 e. The number of fused-ring (bicyclic) bond motifs is 1. The van der Waals surface area contributed by atoms with Crippen LogP contribution in [0.1, 0.15) is 34.0 Å². The number of alkyl halides is 3. The van der Waals surface area contributed by atoms with Gasteiger partial charge in [-0.1, -0.05) is 0 Å². The quantitative estimate of drug-likeness (QED) is 0.295. The van der Waals surface area contributed by atoms with E-state index in [2.05, 4.69) is 26.1 Å². The number of likely N-dealkylation sites (N-methyl/N-ethyl adjacent to an activating group) is 1. The molecule has 0 saturated carbocycles. The number of hydrogen-bond donors (Lipinski definition) is 2. The fourth-order valence-corrected chi connectivity index (χ4v) is 3.69. The lowest BCUT2D eigenvalue weighted by atomic mass is 10.0. The Bertz CT molecular complexity index is 1160. The van der Waals surface area contributed by atoms with Crippen molar-refractivity contribution in [3.63, 3.8) is 0 Å². The number of aliphatic hydroxyl groups excluding tert-OH is 1. The van der Waals surface area contributed by atoms with E-state index in [0.717, 1.165) is 15.9 Å². The van der Waals surface area contributed by atoms with Crippen LogP contribution in [-0.4, -0.2) is 82.8 Å². The van der Waals surface area contributed by atoms with Crippen molar-refractivity contribution in [2.75, 3.05) is 40.8 Å². The van der Waals surface area contributed by atoms with Gasteiger partial charge in [0.15, 0.2) is 11.6 Å². The number of rotatable bonds is 7. The number of halogens is 6. The van der Waals surface area contributed by atoms with Gasteiger partial charge in [-0.25, -0.2) is 18.2 Å². The summed E-state index contributed by atoms with van der Waals surface area (Å²) < 4.78 is 80.9. The second-order valence-corrected chi connectivity index (χ2v) is 9.75. The van der Waals surface area contributed by atoms with Crippen molar-refractivity contribution in [1.29, 1.82) is 0 Å². The number of imidazole rings is 1. The van der Waals surface area contributed by atoms with Crippen molar-refractivity contribution >= 4 is 11.9 Å². The average Bonchev–Trinajstić information content (AvgIpc) is 3.17. The number of carboxylic acids is 1. The summed E-state index contributed by atoms with van der Waals surface area (Å²) in [6.45, 7) is 0.105. The molecule has 1 aromatic carbocycles. The molecular weight excluding hydrogens is 524 g/mol. The molecule has 2 aromatic rings. The van der Waals surface area contributed by atoms with E-state index in [9.17, 15) is 41.0 Å². The van der Waals surface area contributed by atoms with Gasteiger partial charge in [0.05, 0.1) is 46.0 Å². The first-order valence-corrected chi connectivity index (χ1v) is 11.4. The molecule has 0 spiro atoms. The summed E-state index contributed by atoms with van der Waals surface area (Å²) in [5.74, 6) is -7.66. The van der Waals surface area contributed by atoms with Crippen LogP contribution in [0.3, 0.4) is 0 Å². The highest BCUT2D eigenvalue weighted by molar-refractivity contribution is 5.85. The first kappa shape index (κ1) is 31.1. The van der Waals surface area contributed by atoms with Gasteiger partial charge in [0, 0.05) is 31.6 Å². The lowest BCUT2D eigenvalue weighted by Gasteiger charge is -2.30. The Balaban J connectivity index is 0.000000638. The minimum atomic E-state index is -4.90. The zero-order valence-electron chi connectivity index (χ0n) is 21.0. The van der Waals surface area contributed by atoms with Crippen molar-refractivity contribution in [3.05, 3.63) is 52.4 Å². The van der Waals surface area contributed by atoms with Crippen molar-refractivity contribution in [3.8, 4) is 0 Å². The molecule has 0 unspecified atom stereocenters. The van der Waals surface area contributed by atoms with Gasteiger partial charge in [0.1, 0.15) is 18.1 Å². The molecule has 0 aliphatic carbocycles. The molecular formula is C23H29F6N5O4. The second kappa shape index (κ2) is 12.1. The number of aliphatic hydroxyl groups is 1. The van der Waals surface area contributed by atoms with Gasteiger partial charge in [0.2, 0.25) is 11.7 Å². The van der Waals surface area contributed by atoms with E-state index in [1.807, 2.05) is 0 Å². The number of nitrogens with zero attached hydrogens (tertiary/aromatic N) is 4. The summed E-state index contributed by atoms with van der Waals surface area (Å²) in [5.41, 5.74) is 4.30. The molecule has 0 radical (unpaired) electrons. The van der Waals surface area contributed by atoms with Crippen LogP contribution >= 0.6 is 0 Å². The molecule has 1 aromatic heterocycles. The van der Waals surface area contributed by atoms with Crippen LogP contribution in [0.5, 0.6) is 0 Å². The highest BCUT2D eigenvalue weighted by Gasteiger charge is 2.40. The molecule has 38 heavy (non-hydrogen) atoms. The Labute approximate surface area is 214 Å². The summed E-state index contributed by atoms with van der Waals surface area (Å²) in [4.78, 5) is 27.9. The predicted octanol–water partition coefficient (Wildman–Crippen LogP) is 0.670. The molecule has 9 nitrogen and oxygen atoms in total. The molecule has 1 aliphatic heterocycles. The van der Waals surface area contributed by atoms with E-state index >= 15 is 0 Å². The summed E-state index contributed by atoms with van der Waals surface area (Å²) in [6, 6.07) is -0.0331. The molecule has 0 saturated heterocycles. The minimum Gasteiger partial charge on any atom is -0.543 e. The van der Waals surface area contributed by atoms with Crippen molar-refractivity contribution < 1.29 is 50.6 Å². The summed E-state index contributed by atoms with van der Waals surface area (Å²) >= 11 is 0. The van der Waals surface area contributed by atoms with Crippen LogP contribution in [0.4, 0.5) is 26.3 Å². The molecule has 3 N–H and O–H groups in total. The molecule has 212 valence electrons. The number of amides is 1. The van der Waals surface area contributed by atoms with Gasteiger partial charge in [-0.3, -0.25) is 4.79 Å². The number of hydrogen-bond acceptors (Lipinski definition) is 6. The zero-order valence-corrected chi connectivity index (χ0v) is 21.0. The molecule has 3 rings (SSSR count). The predicted molar refractivity (Wildman–Crippen MR) is 120 cm³/mol. The van der Waals surface area contributed by atoms with E-state index in [1.165, 1.54) is 0 Å². The van der Waals surface area contributed by atoms with Crippen molar-refractivity contribution in [1.82, 2.24) is 14.5 Å². The third-order valence-electron chi connectivity index (χ3n) is 5.59. The van der Waals surface area contributed by atoms with E-state index in [4.69, 9.17) is 10.8 Å². The third-order valence-corrected chi connectivity index (χ3v) is 5.59. The molecule has 1 aliphatic rings. The van der Waals surface area contributed by atoms with Gasteiger partial charge in [0.25, 0.3) is 0 Å². The molecule has 2 heterocycles. The molecule has 15 heteroatoms. The largest absolute Gasteiger partial charge is 0.543 e. The number of aromatic carboxylic acids is 1. The van der Waals surface area contributed by atoms with Gasteiger partial charge in [-0.05, 0) is 18.1 Å². The maximum absolute atomic E-state index is 13.7. The Morgan fingerprint density at radius 2 is 1.74 bits per heavy atom. The van der Waals surface area contributed by atoms with Crippen LogP contribution in [0.25, 0.3) is 0 Å².